The Hall–Kier alpha value is -0.433. The van der Waals surface area contributed by atoms with Crippen LogP contribution < -0.4 is 0 Å². The number of rotatable bonds is 2. The minimum absolute atomic E-state index is 0. The Kier molecular flexibility index (Phi) is 37.2. The van der Waals surface area contributed by atoms with Gasteiger partial charge in [-0.2, -0.15) is 6.92 Å². The standard InChI is InChI=1S/C16H11N2.C2H3O.2C2H6.CH3.V.W.Y/c1-3-7-13(8-4-1)15-11-17-12-18-16(15)14-9-5-2-6-10-14;1-2-3;2*1-2;;;;/h1-11H;1H3;2*1-2H3;1H3;;;/q2*-1;;;-1;;;. The number of hydrogen-bond acceptors (Lipinski definition) is 3. The van der Waals surface area contributed by atoms with Gasteiger partial charge in [0.05, 0.1) is 0 Å². The molecule has 1 heterocycles. The molecule has 0 saturated heterocycles. The van der Waals surface area contributed by atoms with Gasteiger partial charge in [0.2, 0.25) is 0 Å². The van der Waals surface area contributed by atoms with Crippen LogP contribution in [0.25, 0.3) is 22.4 Å². The maximum Gasteiger partial charge on any atom is 0.0219 e. The van der Waals surface area contributed by atoms with E-state index in [2.05, 4.69) is 28.4 Å². The molecule has 0 atom stereocenters. The van der Waals surface area contributed by atoms with E-state index < -0.39 is 0 Å². The van der Waals surface area contributed by atoms with Crippen molar-refractivity contribution < 1.29 is 77.1 Å². The van der Waals surface area contributed by atoms with Crippen molar-refractivity contribution in [2.24, 2.45) is 0 Å². The van der Waals surface area contributed by atoms with Gasteiger partial charge in [-0.15, -0.1) is 0 Å². The van der Waals surface area contributed by atoms with E-state index in [1.54, 1.807) is 0 Å². The third kappa shape index (κ3) is 15.1. The molecule has 0 fully saturated rings. The summed E-state index contributed by atoms with van der Waals surface area (Å²) >= 11 is 0. The van der Waals surface area contributed by atoms with Crippen molar-refractivity contribution in [1.82, 2.24) is 9.97 Å². The van der Waals surface area contributed by atoms with Crippen molar-refractivity contribution in [3.05, 3.63) is 80.6 Å². The van der Waals surface area contributed by atoms with E-state index in [-0.39, 0.29) is 79.8 Å². The van der Waals surface area contributed by atoms with Crippen LogP contribution in [-0.4, -0.2) is 16.3 Å². The molecule has 0 aliphatic carbocycles. The Balaban J connectivity index is -0.000000158. The molecular weight excluding hydrogens is 644 g/mol. The van der Waals surface area contributed by atoms with Gasteiger partial charge < -0.3 is 22.2 Å². The molecule has 1 aromatic heterocycles. The molecule has 3 nitrogen and oxygen atoms in total. The second kappa shape index (κ2) is 27.6. The zero-order valence-corrected chi connectivity index (χ0v) is 25.3. The SMILES string of the molecule is CC.CC.C[C-]=O.[CH3-].[V].[W].[Y].[c-]1ncc(-c2ccccc2)c(-c2ccccc2)n1. The van der Waals surface area contributed by atoms with Crippen LogP contribution in [0.1, 0.15) is 34.6 Å². The first-order valence-electron chi connectivity index (χ1n) is 8.49. The van der Waals surface area contributed by atoms with Crippen LogP contribution in [0.5, 0.6) is 0 Å². The first-order chi connectivity index (χ1) is 12.4. The molecule has 0 amide bonds. The Labute approximate surface area is 229 Å². The molecule has 2 radical (unpaired) electrons. The second-order valence-electron chi connectivity index (χ2n) is 4.17. The first kappa shape index (κ1) is 39.1. The van der Waals surface area contributed by atoms with Crippen LogP contribution in [0.15, 0.2) is 66.9 Å². The third-order valence-corrected chi connectivity index (χ3v) is 2.80. The summed E-state index contributed by atoms with van der Waals surface area (Å²) in [6.07, 6.45) is 5.98. The van der Waals surface area contributed by atoms with E-state index in [0.717, 1.165) is 22.4 Å². The maximum absolute atomic E-state index is 8.68. The molecule has 0 unspecified atom stereocenters. The fraction of sp³-hybridized carbons (Fsp3) is 0.217. The van der Waals surface area contributed by atoms with Gasteiger partial charge in [-0.25, -0.2) is 0 Å². The second-order valence-corrected chi connectivity index (χ2v) is 4.17. The molecule has 6 heteroatoms. The summed E-state index contributed by atoms with van der Waals surface area (Å²) in [5, 5.41) is 0. The van der Waals surface area contributed by atoms with Gasteiger partial charge in [0, 0.05) is 78.7 Å². The van der Waals surface area contributed by atoms with Crippen molar-refractivity contribution in [1.29, 1.82) is 0 Å². The summed E-state index contributed by atoms with van der Waals surface area (Å²) in [5.74, 6) is 0. The Morgan fingerprint density at radius 2 is 1.21 bits per heavy atom. The van der Waals surface area contributed by atoms with Crippen molar-refractivity contribution in [3.63, 3.8) is 0 Å². The summed E-state index contributed by atoms with van der Waals surface area (Å²) in [5.41, 5.74) is 4.14. The quantitative estimate of drug-likeness (QED) is 0.304. The number of nitrogens with zero attached hydrogens (tertiary/aromatic N) is 2. The largest absolute Gasteiger partial charge is 0.542 e. The van der Waals surface area contributed by atoms with Gasteiger partial charge >= 0.3 is 0 Å². The first-order valence-corrected chi connectivity index (χ1v) is 8.49. The molecule has 0 aliphatic heterocycles. The number of carbonyl (C=O) groups excluding carboxylic acids is 1. The molecule has 0 spiro atoms. The third-order valence-electron chi connectivity index (χ3n) is 2.80. The predicted molar refractivity (Wildman–Crippen MR) is 112 cm³/mol. The van der Waals surface area contributed by atoms with Crippen LogP contribution in [0, 0.1) is 13.8 Å². The van der Waals surface area contributed by atoms with Gasteiger partial charge in [-0.1, -0.05) is 106 Å². The van der Waals surface area contributed by atoms with Crippen molar-refractivity contribution in [3.8, 4) is 22.4 Å². The van der Waals surface area contributed by atoms with Crippen LogP contribution >= 0.6 is 0 Å². The Morgan fingerprint density at radius 1 is 0.828 bits per heavy atom. The van der Waals surface area contributed by atoms with Gasteiger partial charge in [-0.3, -0.25) is 6.29 Å². The van der Waals surface area contributed by atoms with E-state index in [1.165, 1.54) is 13.2 Å². The van der Waals surface area contributed by atoms with Gasteiger partial charge in [0.1, 0.15) is 0 Å². The Morgan fingerprint density at radius 3 is 1.62 bits per heavy atom. The van der Waals surface area contributed by atoms with E-state index in [4.69, 9.17) is 4.79 Å². The smallest absolute Gasteiger partial charge is 0.0219 e. The molecule has 0 aliphatic rings. The summed E-state index contributed by atoms with van der Waals surface area (Å²) < 4.78 is 0. The summed E-state index contributed by atoms with van der Waals surface area (Å²) in [7, 11) is 0. The molecule has 2 aromatic carbocycles. The molecule has 0 bridgehead atoms. The molecule has 29 heavy (non-hydrogen) atoms. The normalized spacial score (nSPS) is 7.21. The molecule has 0 N–H and O–H groups in total. The van der Waals surface area contributed by atoms with Gasteiger partial charge in [-0.05, 0) is 11.3 Å². The minimum atomic E-state index is 0. The van der Waals surface area contributed by atoms with Crippen LogP contribution in [0.3, 0.4) is 0 Å². The molecule has 3 rings (SSSR count). The molecule has 154 valence electrons. The van der Waals surface area contributed by atoms with E-state index in [0.29, 0.717) is 0 Å². The monoisotopic (exact) mass is 673 g/mol. The van der Waals surface area contributed by atoms with E-state index in [1.807, 2.05) is 82.4 Å². The van der Waals surface area contributed by atoms with Crippen LogP contribution in [-0.2, 0) is 77.1 Å². The van der Waals surface area contributed by atoms with E-state index >= 15 is 0 Å². The Bertz CT molecular complexity index is 643. The maximum atomic E-state index is 8.68. The molecule has 3 aromatic rings. The summed E-state index contributed by atoms with van der Waals surface area (Å²) in [4.78, 5) is 17.0. The van der Waals surface area contributed by atoms with Crippen molar-refractivity contribution >= 4 is 6.29 Å². The number of aromatic nitrogens is 2. The predicted octanol–water partition coefficient (Wildman–Crippen LogP) is 6.22. The summed E-state index contributed by atoms with van der Waals surface area (Å²) in [6, 6.07) is 20.2. The molecular formula is C23H29N2OVWY-3. The van der Waals surface area contributed by atoms with Crippen molar-refractivity contribution in [2.75, 3.05) is 0 Å². The van der Waals surface area contributed by atoms with Gasteiger partial charge in [0.25, 0.3) is 0 Å². The average molecular weight is 673 g/mol. The van der Waals surface area contributed by atoms with E-state index in [9.17, 15) is 0 Å². The summed E-state index contributed by atoms with van der Waals surface area (Å²) in [6.45, 7) is 9.32. The van der Waals surface area contributed by atoms with Crippen LogP contribution in [0.2, 0.25) is 0 Å². The topological polar surface area (TPSA) is 42.9 Å². The fourth-order valence-electron chi connectivity index (χ4n) is 1.94. The van der Waals surface area contributed by atoms with Crippen molar-refractivity contribution in [2.45, 2.75) is 34.6 Å². The number of benzene rings is 2. The van der Waals surface area contributed by atoms with Gasteiger partial charge in [0.15, 0.2) is 0 Å². The minimum Gasteiger partial charge on any atom is -0.542 e. The molecule has 0 saturated carbocycles. The average Bonchev–Trinajstić information content (AvgIpc) is 2.73. The fourth-order valence-corrected chi connectivity index (χ4v) is 1.94. The number of hydrogen-bond donors (Lipinski definition) is 0. The van der Waals surface area contributed by atoms with Crippen LogP contribution in [0.4, 0.5) is 0 Å². The zero-order valence-electron chi connectivity index (χ0n) is 18.1. The zero-order chi connectivity index (χ0) is 18.9.